The number of halogens is 2. The van der Waals surface area contributed by atoms with Crippen molar-refractivity contribution < 1.29 is 9.47 Å². The van der Waals surface area contributed by atoms with Gasteiger partial charge >= 0.3 is 0 Å². The predicted molar refractivity (Wildman–Crippen MR) is 132 cm³/mol. The van der Waals surface area contributed by atoms with Gasteiger partial charge in [-0.25, -0.2) is 4.98 Å². The molecule has 0 spiro atoms. The Bertz CT molecular complexity index is 1160. The number of ether oxygens (including phenoxy) is 2. The molecule has 1 aromatic heterocycles. The lowest BCUT2D eigenvalue weighted by Gasteiger charge is -2.14. The van der Waals surface area contributed by atoms with Gasteiger partial charge in [0.1, 0.15) is 5.82 Å². The number of aromatic nitrogens is 2. The van der Waals surface area contributed by atoms with Crippen LogP contribution in [0.1, 0.15) is 45.0 Å². The van der Waals surface area contributed by atoms with Gasteiger partial charge in [-0.15, -0.1) is 0 Å². The highest BCUT2D eigenvalue weighted by Crippen LogP contribution is 2.34. The molecule has 8 heteroatoms. The molecule has 158 valence electrons. The van der Waals surface area contributed by atoms with E-state index in [1.807, 2.05) is 52.0 Å². The van der Waals surface area contributed by atoms with Crippen LogP contribution in [0.25, 0.3) is 10.9 Å². The van der Waals surface area contributed by atoms with Crippen LogP contribution in [0.5, 0.6) is 11.5 Å². The molecule has 0 amide bonds. The zero-order chi connectivity index (χ0) is 21.8. The molecule has 0 bridgehead atoms. The Morgan fingerprint density at radius 2 is 1.93 bits per heavy atom. The van der Waals surface area contributed by atoms with Crippen LogP contribution in [-0.2, 0) is 0 Å². The van der Waals surface area contributed by atoms with Crippen molar-refractivity contribution in [2.75, 3.05) is 13.2 Å². The first-order valence-corrected chi connectivity index (χ1v) is 11.6. The summed E-state index contributed by atoms with van der Waals surface area (Å²) in [6.45, 7) is 8.92. The van der Waals surface area contributed by atoms with Gasteiger partial charge in [-0.1, -0.05) is 29.8 Å². The van der Waals surface area contributed by atoms with Crippen LogP contribution in [0.2, 0.25) is 0 Å². The summed E-state index contributed by atoms with van der Waals surface area (Å²) < 4.78 is 14.6. The third-order valence-corrected chi connectivity index (χ3v) is 5.59. The third-order valence-electron chi connectivity index (χ3n) is 4.29. The Hall–Kier alpha value is -1.94. The van der Waals surface area contributed by atoms with Gasteiger partial charge in [-0.3, -0.25) is 4.79 Å². The van der Waals surface area contributed by atoms with E-state index in [0.717, 1.165) is 13.6 Å². The zero-order valence-corrected chi connectivity index (χ0v) is 21.0. The second-order valence-electron chi connectivity index (χ2n) is 6.84. The summed E-state index contributed by atoms with van der Waals surface area (Å²) in [6, 6.07) is 9.30. The minimum atomic E-state index is -0.202. The van der Waals surface area contributed by atoms with Gasteiger partial charge in [-0.2, -0.15) is 9.78 Å². The molecule has 3 aromatic rings. The molecule has 0 unspecified atom stereocenters. The lowest BCUT2D eigenvalue weighted by Crippen LogP contribution is -2.23. The molecule has 0 aliphatic carbocycles. The molecular formula is C22H23BrIN3O3. The van der Waals surface area contributed by atoms with Crippen LogP contribution in [0.15, 0.2) is 44.7 Å². The highest BCUT2D eigenvalue weighted by atomic mass is 127. The van der Waals surface area contributed by atoms with Crippen molar-refractivity contribution in [3.8, 4) is 11.5 Å². The summed E-state index contributed by atoms with van der Waals surface area (Å²) in [5.41, 5.74) is 1.27. The minimum absolute atomic E-state index is 0.0300. The van der Waals surface area contributed by atoms with Crippen molar-refractivity contribution in [1.82, 2.24) is 9.66 Å². The van der Waals surface area contributed by atoms with Crippen LogP contribution in [-0.4, -0.2) is 29.1 Å². The number of nitrogens with zero attached hydrogens (tertiary/aromatic N) is 3. The Morgan fingerprint density at radius 3 is 2.60 bits per heavy atom. The van der Waals surface area contributed by atoms with Gasteiger partial charge in [0.2, 0.25) is 0 Å². The maximum absolute atomic E-state index is 13.1. The van der Waals surface area contributed by atoms with Gasteiger partial charge in [0.15, 0.2) is 11.5 Å². The smallest absolute Gasteiger partial charge is 0.282 e. The number of hydrogen-bond acceptors (Lipinski definition) is 5. The van der Waals surface area contributed by atoms with Crippen molar-refractivity contribution in [3.63, 3.8) is 0 Å². The highest BCUT2D eigenvalue weighted by Gasteiger charge is 2.15. The lowest BCUT2D eigenvalue weighted by molar-refractivity contribution is 0.286. The molecular weight excluding hydrogens is 561 g/mol. The average molecular weight is 584 g/mol. The molecule has 30 heavy (non-hydrogen) atoms. The first kappa shape index (κ1) is 22.7. The number of rotatable bonds is 7. The predicted octanol–water partition coefficient (Wildman–Crippen LogP) is 5.57. The first-order valence-electron chi connectivity index (χ1n) is 9.71. The summed E-state index contributed by atoms with van der Waals surface area (Å²) >= 11 is 5.64. The van der Waals surface area contributed by atoms with E-state index in [0.29, 0.717) is 41.4 Å². The van der Waals surface area contributed by atoms with E-state index < -0.39 is 0 Å². The van der Waals surface area contributed by atoms with Crippen LogP contribution >= 0.6 is 38.5 Å². The number of hydrogen-bond donors (Lipinski definition) is 0. The maximum Gasteiger partial charge on any atom is 0.282 e. The van der Waals surface area contributed by atoms with Crippen molar-refractivity contribution in [1.29, 1.82) is 0 Å². The van der Waals surface area contributed by atoms with E-state index in [-0.39, 0.29) is 11.5 Å². The van der Waals surface area contributed by atoms with Crippen molar-refractivity contribution >= 4 is 55.6 Å². The summed E-state index contributed by atoms with van der Waals surface area (Å²) in [5.74, 6) is 2.01. The molecule has 0 N–H and O–H groups in total. The van der Waals surface area contributed by atoms with Crippen LogP contribution < -0.4 is 15.0 Å². The van der Waals surface area contributed by atoms with E-state index in [1.54, 1.807) is 12.3 Å². The van der Waals surface area contributed by atoms with Gasteiger partial charge in [0.05, 0.1) is 33.9 Å². The summed E-state index contributed by atoms with van der Waals surface area (Å²) in [6.07, 6.45) is 1.65. The monoisotopic (exact) mass is 583 g/mol. The standard InChI is InChI=1S/C22H23BrIN3O3/c1-5-29-19-10-14(9-17(24)20(19)30-6-2)12-25-27-21(13(3)4)26-18-8-7-15(23)11-16(18)22(27)28/h7-13H,5-6H2,1-4H3. The zero-order valence-electron chi connectivity index (χ0n) is 17.3. The normalized spacial score (nSPS) is 11.6. The molecule has 3 rings (SSSR count). The average Bonchev–Trinajstić information content (AvgIpc) is 2.70. The fourth-order valence-electron chi connectivity index (χ4n) is 2.99. The Balaban J connectivity index is 2.12. The van der Waals surface area contributed by atoms with Gasteiger partial charge in [0, 0.05) is 10.4 Å². The quantitative estimate of drug-likeness (QED) is 0.269. The lowest BCUT2D eigenvalue weighted by atomic mass is 10.2. The highest BCUT2D eigenvalue weighted by molar-refractivity contribution is 14.1. The van der Waals surface area contributed by atoms with Gasteiger partial charge < -0.3 is 9.47 Å². The van der Waals surface area contributed by atoms with E-state index in [9.17, 15) is 4.79 Å². The molecule has 0 saturated heterocycles. The fourth-order valence-corrected chi connectivity index (χ4v) is 4.13. The fraction of sp³-hybridized carbons (Fsp3) is 0.318. The van der Waals surface area contributed by atoms with Crippen molar-refractivity contribution in [2.24, 2.45) is 5.10 Å². The van der Waals surface area contributed by atoms with Gasteiger partial charge in [-0.05, 0) is 72.3 Å². The Kier molecular flexibility index (Phi) is 7.51. The molecule has 0 fully saturated rings. The van der Waals surface area contributed by atoms with E-state index in [2.05, 4.69) is 48.6 Å². The molecule has 1 heterocycles. The molecule has 0 atom stereocenters. The molecule has 0 saturated carbocycles. The minimum Gasteiger partial charge on any atom is -0.490 e. The molecule has 0 radical (unpaired) electrons. The van der Waals surface area contributed by atoms with Crippen molar-refractivity contribution in [3.05, 3.63) is 60.1 Å². The largest absolute Gasteiger partial charge is 0.490 e. The Labute approximate surface area is 197 Å². The maximum atomic E-state index is 13.1. The van der Waals surface area contributed by atoms with E-state index in [4.69, 9.17) is 9.47 Å². The molecule has 0 aliphatic heterocycles. The third kappa shape index (κ3) is 4.85. The SMILES string of the molecule is CCOc1cc(C=Nn2c(C(C)C)nc3ccc(Br)cc3c2=O)cc(I)c1OCC. The first-order chi connectivity index (χ1) is 14.3. The Morgan fingerprint density at radius 1 is 1.20 bits per heavy atom. The summed E-state index contributed by atoms with van der Waals surface area (Å²) in [5, 5.41) is 5.01. The van der Waals surface area contributed by atoms with Crippen LogP contribution in [0, 0.1) is 3.57 Å². The number of fused-ring (bicyclic) bond motifs is 1. The van der Waals surface area contributed by atoms with Crippen molar-refractivity contribution in [2.45, 2.75) is 33.6 Å². The number of benzene rings is 2. The van der Waals surface area contributed by atoms with Gasteiger partial charge in [0.25, 0.3) is 5.56 Å². The summed E-state index contributed by atoms with van der Waals surface area (Å²) in [7, 11) is 0. The molecule has 0 aliphatic rings. The van der Waals surface area contributed by atoms with E-state index in [1.165, 1.54) is 4.68 Å². The van der Waals surface area contributed by atoms with Crippen LogP contribution in [0.4, 0.5) is 0 Å². The topological polar surface area (TPSA) is 65.7 Å². The second kappa shape index (κ2) is 9.91. The second-order valence-corrected chi connectivity index (χ2v) is 8.92. The van der Waals surface area contributed by atoms with Crippen LogP contribution in [0.3, 0.4) is 0 Å². The summed E-state index contributed by atoms with van der Waals surface area (Å²) in [4.78, 5) is 17.8. The molecule has 2 aromatic carbocycles. The molecule has 6 nitrogen and oxygen atoms in total. The van der Waals surface area contributed by atoms with E-state index >= 15 is 0 Å².